The van der Waals surface area contributed by atoms with Crippen LogP contribution in [0.3, 0.4) is 0 Å². The van der Waals surface area contributed by atoms with Crippen LogP contribution < -0.4 is 10.1 Å². The van der Waals surface area contributed by atoms with Crippen molar-refractivity contribution >= 4 is 16.8 Å². The molecule has 0 saturated carbocycles. The molecule has 0 unspecified atom stereocenters. The summed E-state index contributed by atoms with van der Waals surface area (Å²) in [5.74, 6) is 0.151. The Hall–Kier alpha value is -3.71. The van der Waals surface area contributed by atoms with Gasteiger partial charge in [-0.15, -0.1) is 0 Å². The number of hydrogen-bond donors (Lipinski definition) is 1. The van der Waals surface area contributed by atoms with Gasteiger partial charge in [-0.3, -0.25) is 4.79 Å². The molecule has 0 aliphatic heterocycles. The molecule has 0 spiro atoms. The Kier molecular flexibility index (Phi) is 6.47. The van der Waals surface area contributed by atoms with E-state index in [1.165, 1.54) is 19.2 Å². The Morgan fingerprint density at radius 3 is 2.56 bits per heavy atom. The number of nitrogens with one attached hydrogen (secondary N) is 1. The lowest BCUT2D eigenvalue weighted by molar-refractivity contribution is -0.126. The van der Waals surface area contributed by atoms with Gasteiger partial charge in [-0.25, -0.2) is 9.07 Å². The maximum Gasteiger partial charge on any atom is 0.246 e. The molecular weight excluding hydrogens is 409 g/mol. The van der Waals surface area contributed by atoms with Crippen LogP contribution in [0.1, 0.15) is 18.6 Å². The van der Waals surface area contributed by atoms with Crippen molar-refractivity contribution in [3.05, 3.63) is 90.4 Å². The standard InChI is InChI=1S/C25H24FN3O3/c1-17(28-24(30)16-31-2)25(18-6-4-3-5-7-18)32-22-12-13-23-19(14-22)15-27-29(23)21-10-8-20(26)9-11-21/h3-15,17,25H,16H2,1-2H3,(H,28,30)/t17-,25-/m0/s1. The number of carbonyl (C=O) groups is 1. The van der Waals surface area contributed by atoms with Gasteiger partial charge >= 0.3 is 0 Å². The molecule has 0 aliphatic carbocycles. The van der Waals surface area contributed by atoms with Crippen molar-refractivity contribution in [2.75, 3.05) is 13.7 Å². The molecule has 0 aliphatic rings. The minimum absolute atomic E-state index is 0.0135. The normalized spacial score (nSPS) is 13.0. The van der Waals surface area contributed by atoms with Gasteiger partial charge in [-0.1, -0.05) is 30.3 Å². The fourth-order valence-electron chi connectivity index (χ4n) is 3.62. The Balaban J connectivity index is 1.61. The molecule has 1 heterocycles. The van der Waals surface area contributed by atoms with E-state index in [-0.39, 0.29) is 24.4 Å². The van der Waals surface area contributed by atoms with E-state index in [1.807, 2.05) is 55.5 Å². The molecule has 4 rings (SSSR count). The zero-order chi connectivity index (χ0) is 22.5. The first-order chi connectivity index (χ1) is 15.5. The molecular formula is C25H24FN3O3. The van der Waals surface area contributed by atoms with E-state index in [0.29, 0.717) is 5.75 Å². The van der Waals surface area contributed by atoms with Crippen LogP contribution in [0, 0.1) is 5.82 Å². The highest BCUT2D eigenvalue weighted by Gasteiger charge is 2.23. The quantitative estimate of drug-likeness (QED) is 0.446. The number of aromatic nitrogens is 2. The summed E-state index contributed by atoms with van der Waals surface area (Å²) in [5, 5.41) is 8.25. The summed E-state index contributed by atoms with van der Waals surface area (Å²) < 4.78 is 26.3. The molecule has 0 saturated heterocycles. The first kappa shape index (κ1) is 21.5. The summed E-state index contributed by atoms with van der Waals surface area (Å²) in [4.78, 5) is 12.0. The third-order valence-electron chi connectivity index (χ3n) is 5.12. The van der Waals surface area contributed by atoms with Gasteiger partial charge in [0.1, 0.15) is 24.3 Å². The zero-order valence-electron chi connectivity index (χ0n) is 17.9. The van der Waals surface area contributed by atoms with Crippen molar-refractivity contribution < 1.29 is 18.7 Å². The van der Waals surface area contributed by atoms with Crippen LogP contribution in [-0.4, -0.2) is 35.4 Å². The second-order valence-corrected chi connectivity index (χ2v) is 7.49. The molecule has 0 fully saturated rings. The molecule has 1 aromatic heterocycles. The average Bonchev–Trinajstić information content (AvgIpc) is 3.22. The van der Waals surface area contributed by atoms with Gasteiger partial charge in [0, 0.05) is 12.5 Å². The lowest BCUT2D eigenvalue weighted by Crippen LogP contribution is -2.40. The SMILES string of the molecule is COCC(=O)N[C@@H](C)[C@H](Oc1ccc2c(cnn2-c2ccc(F)cc2)c1)c1ccccc1. The maximum absolute atomic E-state index is 13.3. The number of methoxy groups -OCH3 is 1. The first-order valence-electron chi connectivity index (χ1n) is 10.3. The van der Waals surface area contributed by atoms with E-state index in [2.05, 4.69) is 10.4 Å². The maximum atomic E-state index is 13.3. The topological polar surface area (TPSA) is 65.4 Å². The van der Waals surface area contributed by atoms with Crippen LogP contribution in [0.15, 0.2) is 79.0 Å². The molecule has 7 heteroatoms. The smallest absolute Gasteiger partial charge is 0.246 e. The Morgan fingerprint density at radius 2 is 1.84 bits per heavy atom. The van der Waals surface area contributed by atoms with Crippen molar-refractivity contribution in [2.24, 2.45) is 0 Å². The molecule has 3 aromatic carbocycles. The van der Waals surface area contributed by atoms with Crippen LogP contribution >= 0.6 is 0 Å². The monoisotopic (exact) mass is 433 g/mol. The predicted molar refractivity (Wildman–Crippen MR) is 120 cm³/mol. The lowest BCUT2D eigenvalue weighted by atomic mass is 10.0. The number of hydrogen-bond acceptors (Lipinski definition) is 4. The summed E-state index contributed by atoms with van der Waals surface area (Å²) in [6.07, 6.45) is 1.34. The van der Waals surface area contributed by atoms with Crippen LogP contribution in [0.5, 0.6) is 5.75 Å². The van der Waals surface area contributed by atoms with E-state index in [4.69, 9.17) is 9.47 Å². The van der Waals surface area contributed by atoms with Crippen LogP contribution in [0.25, 0.3) is 16.6 Å². The molecule has 0 bridgehead atoms. The Labute approximate surface area is 185 Å². The summed E-state index contributed by atoms with van der Waals surface area (Å²) in [6, 6.07) is 21.3. The summed E-state index contributed by atoms with van der Waals surface area (Å²) >= 11 is 0. The van der Waals surface area contributed by atoms with Gasteiger partial charge in [-0.2, -0.15) is 5.10 Å². The number of benzene rings is 3. The van der Waals surface area contributed by atoms with E-state index in [0.717, 1.165) is 22.2 Å². The highest BCUT2D eigenvalue weighted by molar-refractivity contribution is 5.81. The Bertz CT molecular complexity index is 1190. The number of halogens is 1. The average molecular weight is 433 g/mol. The molecule has 1 N–H and O–H groups in total. The van der Waals surface area contributed by atoms with Crippen LogP contribution in [0.2, 0.25) is 0 Å². The van der Waals surface area contributed by atoms with Crippen LogP contribution in [0.4, 0.5) is 4.39 Å². The number of carbonyl (C=O) groups excluding carboxylic acids is 1. The third kappa shape index (κ3) is 4.78. The van der Waals surface area contributed by atoms with Gasteiger partial charge in [0.2, 0.25) is 5.91 Å². The minimum atomic E-state index is -0.401. The first-order valence-corrected chi connectivity index (χ1v) is 10.3. The molecule has 2 atom stereocenters. The van der Waals surface area contributed by atoms with Crippen molar-refractivity contribution in [2.45, 2.75) is 19.1 Å². The highest BCUT2D eigenvalue weighted by Crippen LogP contribution is 2.29. The van der Waals surface area contributed by atoms with Crippen molar-refractivity contribution in [3.63, 3.8) is 0 Å². The van der Waals surface area contributed by atoms with Gasteiger partial charge in [0.05, 0.1) is 23.4 Å². The molecule has 32 heavy (non-hydrogen) atoms. The van der Waals surface area contributed by atoms with Gasteiger partial charge < -0.3 is 14.8 Å². The van der Waals surface area contributed by atoms with Gasteiger partial charge in [-0.05, 0) is 55.0 Å². The lowest BCUT2D eigenvalue weighted by Gasteiger charge is -2.26. The number of ether oxygens (including phenoxy) is 2. The zero-order valence-corrected chi connectivity index (χ0v) is 17.9. The Morgan fingerprint density at radius 1 is 1.09 bits per heavy atom. The number of rotatable bonds is 8. The van der Waals surface area contributed by atoms with E-state index in [1.54, 1.807) is 23.0 Å². The summed E-state index contributed by atoms with van der Waals surface area (Å²) in [6.45, 7) is 1.89. The molecule has 6 nitrogen and oxygen atoms in total. The molecule has 0 radical (unpaired) electrons. The van der Waals surface area contributed by atoms with Gasteiger partial charge in [0.15, 0.2) is 0 Å². The largest absolute Gasteiger partial charge is 0.484 e. The number of amides is 1. The van der Waals surface area contributed by atoms with Crippen molar-refractivity contribution in [1.29, 1.82) is 0 Å². The second-order valence-electron chi connectivity index (χ2n) is 7.49. The predicted octanol–water partition coefficient (Wildman–Crippen LogP) is 4.44. The molecule has 1 amide bonds. The minimum Gasteiger partial charge on any atom is -0.484 e. The fourth-order valence-corrected chi connectivity index (χ4v) is 3.62. The van der Waals surface area contributed by atoms with E-state index in [9.17, 15) is 9.18 Å². The highest BCUT2D eigenvalue weighted by atomic mass is 19.1. The van der Waals surface area contributed by atoms with Crippen molar-refractivity contribution in [1.82, 2.24) is 15.1 Å². The van der Waals surface area contributed by atoms with E-state index >= 15 is 0 Å². The summed E-state index contributed by atoms with van der Waals surface area (Å²) in [5.41, 5.74) is 2.59. The second kappa shape index (κ2) is 9.62. The number of fused-ring (bicyclic) bond motifs is 1. The van der Waals surface area contributed by atoms with E-state index < -0.39 is 6.10 Å². The van der Waals surface area contributed by atoms with Crippen LogP contribution in [-0.2, 0) is 9.53 Å². The molecule has 4 aromatic rings. The molecule has 164 valence electrons. The number of nitrogens with zero attached hydrogens (tertiary/aromatic N) is 2. The third-order valence-corrected chi connectivity index (χ3v) is 5.12. The van der Waals surface area contributed by atoms with Crippen molar-refractivity contribution in [3.8, 4) is 11.4 Å². The summed E-state index contributed by atoms with van der Waals surface area (Å²) in [7, 11) is 1.48. The van der Waals surface area contributed by atoms with Gasteiger partial charge in [0.25, 0.3) is 0 Å². The fraction of sp³-hybridized carbons (Fsp3) is 0.200.